The predicted molar refractivity (Wildman–Crippen MR) is 129 cm³/mol. The van der Waals surface area contributed by atoms with Crippen LogP contribution in [-0.4, -0.2) is 55.1 Å². The first-order valence-electron chi connectivity index (χ1n) is 10.5. The van der Waals surface area contributed by atoms with Gasteiger partial charge in [-0.05, 0) is 42.3 Å². The molecular formula is C22H26N6O6S. The number of carbonyl (C=O) groups is 2. The summed E-state index contributed by atoms with van der Waals surface area (Å²) in [4.78, 5) is 30.3. The third-order valence-corrected chi connectivity index (χ3v) is 6.89. The number of nitrogens with one attached hydrogen (secondary N) is 3. The molecule has 3 rings (SSSR count). The van der Waals surface area contributed by atoms with Crippen molar-refractivity contribution >= 4 is 39.1 Å². The van der Waals surface area contributed by atoms with Crippen LogP contribution in [0.2, 0.25) is 0 Å². The van der Waals surface area contributed by atoms with Gasteiger partial charge < -0.3 is 26.7 Å². The molecule has 0 spiro atoms. The summed E-state index contributed by atoms with van der Waals surface area (Å²) in [5.74, 6) is -2.88. The van der Waals surface area contributed by atoms with Crippen molar-refractivity contribution in [2.45, 2.75) is 36.3 Å². The van der Waals surface area contributed by atoms with Crippen molar-refractivity contribution in [1.82, 2.24) is 4.72 Å². The summed E-state index contributed by atoms with van der Waals surface area (Å²) in [6.45, 7) is 0.886. The monoisotopic (exact) mass is 502 g/mol. The van der Waals surface area contributed by atoms with Gasteiger partial charge in [0.1, 0.15) is 6.10 Å². The number of guanidine groups is 1. The summed E-state index contributed by atoms with van der Waals surface area (Å²) >= 11 is 0. The van der Waals surface area contributed by atoms with Crippen molar-refractivity contribution < 1.29 is 28.0 Å². The molecule has 35 heavy (non-hydrogen) atoms. The highest BCUT2D eigenvalue weighted by Gasteiger charge is 2.49. The van der Waals surface area contributed by atoms with Gasteiger partial charge in [0.25, 0.3) is 0 Å². The normalized spacial score (nSPS) is 17.1. The van der Waals surface area contributed by atoms with E-state index in [4.69, 9.17) is 21.7 Å². The van der Waals surface area contributed by atoms with Gasteiger partial charge in [0.15, 0.2) is 11.7 Å². The largest absolute Gasteiger partial charge is 0.479 e. The standard InChI is InChI=1S/C22H26N6O6S/c1-13-3-2-4-17(9-13)35(32,33)28-22(12-23,20(30)31)19(29)11-16-10-18(27-34-16)14-5-7-15(8-6-14)26-21(24)25/h2-9,16,28H,10-12,23H2,1H3,(H,30,31)(H4,24,25,26). The molecule has 12 nitrogen and oxygen atoms in total. The number of carbonyl (C=O) groups excluding carboxylic acids is 1. The van der Waals surface area contributed by atoms with E-state index in [9.17, 15) is 23.1 Å². The lowest BCUT2D eigenvalue weighted by Gasteiger charge is -2.28. The van der Waals surface area contributed by atoms with Crippen LogP contribution in [-0.2, 0) is 24.4 Å². The SMILES string of the molecule is Cc1cccc(S(=O)(=O)NC(CN)(C(=O)O)C(=O)CC2CC(c3ccc(NC(=N)N)cc3)=NO2)c1. The van der Waals surface area contributed by atoms with Gasteiger partial charge in [-0.1, -0.05) is 29.4 Å². The molecule has 0 saturated heterocycles. The topological polar surface area (TPSA) is 210 Å². The van der Waals surface area contributed by atoms with Crippen LogP contribution in [0.25, 0.3) is 0 Å². The number of ketones is 1. The third-order valence-electron chi connectivity index (χ3n) is 5.40. The molecule has 0 aliphatic carbocycles. The number of sulfonamides is 1. The van der Waals surface area contributed by atoms with Crippen LogP contribution in [0.3, 0.4) is 0 Å². The first-order chi connectivity index (χ1) is 16.5. The van der Waals surface area contributed by atoms with Crippen LogP contribution in [0.15, 0.2) is 58.6 Å². The second kappa shape index (κ2) is 10.2. The molecule has 0 fully saturated rings. The van der Waals surface area contributed by atoms with Gasteiger partial charge in [-0.2, -0.15) is 4.72 Å². The number of aryl methyl sites for hydroxylation is 1. The number of aliphatic carboxylic acids is 1. The van der Waals surface area contributed by atoms with E-state index in [2.05, 4.69) is 10.5 Å². The Morgan fingerprint density at radius 2 is 1.94 bits per heavy atom. The molecule has 2 atom stereocenters. The van der Waals surface area contributed by atoms with E-state index < -0.39 is 46.4 Å². The zero-order valence-corrected chi connectivity index (χ0v) is 19.6. The molecule has 1 heterocycles. The number of hydrogen-bond acceptors (Lipinski definition) is 8. The highest BCUT2D eigenvalue weighted by Crippen LogP contribution is 2.24. The van der Waals surface area contributed by atoms with Crippen LogP contribution in [0.5, 0.6) is 0 Å². The Hall–Kier alpha value is -3.81. The van der Waals surface area contributed by atoms with Gasteiger partial charge in [0.2, 0.25) is 15.6 Å². The second-order valence-electron chi connectivity index (χ2n) is 8.05. The average molecular weight is 503 g/mol. The van der Waals surface area contributed by atoms with Crippen LogP contribution in [0, 0.1) is 12.3 Å². The fourth-order valence-electron chi connectivity index (χ4n) is 3.52. The van der Waals surface area contributed by atoms with Gasteiger partial charge in [0.05, 0.1) is 10.6 Å². The average Bonchev–Trinajstić information content (AvgIpc) is 3.25. The zero-order valence-electron chi connectivity index (χ0n) is 18.8. The molecule has 13 heteroatoms. The number of carboxylic acid groups (broad SMARTS) is 1. The number of oxime groups is 1. The third kappa shape index (κ3) is 5.82. The van der Waals surface area contributed by atoms with Crippen LogP contribution in [0.4, 0.5) is 5.69 Å². The number of rotatable bonds is 10. The predicted octanol–water partition coefficient (Wildman–Crippen LogP) is 0.513. The van der Waals surface area contributed by atoms with E-state index in [0.717, 1.165) is 0 Å². The Morgan fingerprint density at radius 1 is 1.26 bits per heavy atom. The van der Waals surface area contributed by atoms with Crippen LogP contribution in [0.1, 0.15) is 24.0 Å². The molecule has 2 unspecified atom stereocenters. The van der Waals surface area contributed by atoms with Crippen molar-refractivity contribution in [2.24, 2.45) is 16.6 Å². The molecule has 0 amide bonds. The number of nitrogens with two attached hydrogens (primary N) is 2. The Balaban J connectivity index is 1.74. The first-order valence-corrected chi connectivity index (χ1v) is 12.0. The second-order valence-corrected chi connectivity index (χ2v) is 9.73. The lowest BCUT2D eigenvalue weighted by atomic mass is 9.90. The summed E-state index contributed by atoms with van der Waals surface area (Å²) in [5, 5.41) is 23.7. The number of carboxylic acids is 1. The number of hydrogen-bond donors (Lipinski definition) is 6. The Kier molecular flexibility index (Phi) is 7.53. The quantitative estimate of drug-likeness (QED) is 0.152. The Bertz CT molecular complexity index is 1280. The van der Waals surface area contributed by atoms with E-state index in [-0.39, 0.29) is 17.3 Å². The van der Waals surface area contributed by atoms with Crippen molar-refractivity contribution in [2.75, 3.05) is 11.9 Å². The van der Waals surface area contributed by atoms with E-state index in [1.54, 1.807) is 37.3 Å². The molecular weight excluding hydrogens is 476 g/mol. The smallest absolute Gasteiger partial charge is 0.334 e. The summed E-state index contributed by atoms with van der Waals surface area (Å²) in [5.41, 5.74) is 10.8. The molecule has 2 aromatic rings. The highest BCUT2D eigenvalue weighted by molar-refractivity contribution is 7.89. The number of benzene rings is 2. The van der Waals surface area contributed by atoms with Crippen molar-refractivity contribution in [1.29, 1.82) is 5.41 Å². The summed E-state index contributed by atoms with van der Waals surface area (Å²) in [6, 6.07) is 12.6. The first kappa shape index (κ1) is 25.8. The van der Waals surface area contributed by atoms with Crippen molar-refractivity contribution in [3.8, 4) is 0 Å². The van der Waals surface area contributed by atoms with Gasteiger partial charge >= 0.3 is 5.97 Å². The fraction of sp³-hybridized carbons (Fsp3) is 0.273. The molecule has 1 aliphatic heterocycles. The number of nitrogens with zero attached hydrogens (tertiary/aromatic N) is 1. The lowest BCUT2D eigenvalue weighted by Crippen LogP contribution is -2.64. The number of Topliss-reactive ketones (excluding diaryl/α,β-unsaturated/α-hetero) is 1. The van der Waals surface area contributed by atoms with E-state index in [1.807, 2.05) is 4.72 Å². The van der Waals surface area contributed by atoms with Crippen molar-refractivity contribution in [3.63, 3.8) is 0 Å². The Morgan fingerprint density at radius 3 is 2.51 bits per heavy atom. The molecule has 8 N–H and O–H groups in total. The van der Waals surface area contributed by atoms with Gasteiger partial charge in [-0.15, -0.1) is 0 Å². The van der Waals surface area contributed by atoms with E-state index >= 15 is 0 Å². The molecule has 0 bridgehead atoms. The fourth-order valence-corrected chi connectivity index (χ4v) is 4.98. The minimum atomic E-state index is -4.37. The lowest BCUT2D eigenvalue weighted by molar-refractivity contribution is -0.149. The molecule has 186 valence electrons. The van der Waals surface area contributed by atoms with Gasteiger partial charge in [-0.25, -0.2) is 13.2 Å². The molecule has 0 saturated carbocycles. The maximum absolute atomic E-state index is 13.1. The zero-order chi connectivity index (χ0) is 25.8. The van der Waals surface area contributed by atoms with Crippen LogP contribution < -0.4 is 21.5 Å². The number of anilines is 1. The molecule has 1 aliphatic rings. The minimum Gasteiger partial charge on any atom is -0.479 e. The minimum absolute atomic E-state index is 0.185. The highest BCUT2D eigenvalue weighted by atomic mass is 32.2. The summed E-state index contributed by atoms with van der Waals surface area (Å²) < 4.78 is 27.8. The maximum atomic E-state index is 13.1. The Labute approximate surface area is 201 Å². The summed E-state index contributed by atoms with van der Waals surface area (Å²) in [7, 11) is -4.37. The summed E-state index contributed by atoms with van der Waals surface area (Å²) in [6.07, 6.45) is -1.05. The molecule has 0 aromatic heterocycles. The maximum Gasteiger partial charge on any atom is 0.334 e. The molecule has 0 radical (unpaired) electrons. The van der Waals surface area contributed by atoms with E-state index in [1.165, 1.54) is 18.2 Å². The van der Waals surface area contributed by atoms with Gasteiger partial charge in [-0.3, -0.25) is 10.2 Å². The molecule has 2 aromatic carbocycles. The van der Waals surface area contributed by atoms with Crippen LogP contribution >= 0.6 is 0 Å². The van der Waals surface area contributed by atoms with Crippen molar-refractivity contribution in [3.05, 3.63) is 59.7 Å². The van der Waals surface area contributed by atoms with Gasteiger partial charge in [0, 0.05) is 25.1 Å². The van der Waals surface area contributed by atoms with E-state index in [0.29, 0.717) is 22.5 Å².